The zero-order valence-electron chi connectivity index (χ0n) is 20.9. The topological polar surface area (TPSA) is 95.8 Å². The summed E-state index contributed by atoms with van der Waals surface area (Å²) >= 11 is 0. The molecule has 2 aliphatic heterocycles. The quantitative estimate of drug-likeness (QED) is 0.600. The molecule has 7 heteroatoms. The molecular formula is C29H33N7. The molecule has 2 aliphatic carbocycles. The van der Waals surface area contributed by atoms with E-state index >= 15 is 0 Å². The summed E-state index contributed by atoms with van der Waals surface area (Å²) in [6.45, 7) is 0. The lowest BCUT2D eigenvalue weighted by molar-refractivity contribution is 0.253. The van der Waals surface area contributed by atoms with Gasteiger partial charge in [-0.15, -0.1) is 0 Å². The van der Waals surface area contributed by atoms with Gasteiger partial charge in [0.2, 0.25) is 0 Å². The van der Waals surface area contributed by atoms with Gasteiger partial charge in [-0.3, -0.25) is 4.90 Å². The van der Waals surface area contributed by atoms with E-state index in [1.54, 1.807) is 6.20 Å². The number of benzene rings is 1. The highest BCUT2D eigenvalue weighted by Crippen LogP contribution is 2.40. The van der Waals surface area contributed by atoms with Crippen LogP contribution in [-0.4, -0.2) is 36.0 Å². The molecule has 36 heavy (non-hydrogen) atoms. The van der Waals surface area contributed by atoms with Crippen molar-refractivity contribution < 1.29 is 0 Å². The van der Waals surface area contributed by atoms with Crippen LogP contribution in [0.3, 0.4) is 0 Å². The Morgan fingerprint density at radius 3 is 2.61 bits per heavy atom. The van der Waals surface area contributed by atoms with Gasteiger partial charge in [0.25, 0.3) is 0 Å². The van der Waals surface area contributed by atoms with Crippen molar-refractivity contribution in [3.63, 3.8) is 0 Å². The van der Waals surface area contributed by atoms with E-state index in [0.29, 0.717) is 5.82 Å². The van der Waals surface area contributed by atoms with Crippen LogP contribution in [0.2, 0.25) is 0 Å². The second-order valence-electron chi connectivity index (χ2n) is 10.3. The number of nitrogens with one attached hydrogen (secondary N) is 1. The average Bonchev–Trinajstić information content (AvgIpc) is 3.26. The molecule has 4 aliphatic rings. The fourth-order valence-electron chi connectivity index (χ4n) is 5.42. The number of aromatic nitrogens is 1. The molecule has 5 N–H and O–H groups in total. The average molecular weight is 480 g/mol. The number of nitrogens with two attached hydrogens (primary N) is 2. The van der Waals surface area contributed by atoms with E-state index in [2.05, 4.69) is 88.8 Å². The van der Waals surface area contributed by atoms with Gasteiger partial charge in [0.15, 0.2) is 0 Å². The first kappa shape index (κ1) is 22.6. The SMILES string of the molecule is CN(C)C1=CC(C2=CC=C3N=C(c4cccnc4N)N(c4ccc(C5(N)CCC5)cc4)C3N2)CC=C1. The van der Waals surface area contributed by atoms with E-state index in [4.69, 9.17) is 16.5 Å². The van der Waals surface area contributed by atoms with Crippen molar-refractivity contribution in [3.05, 3.63) is 101 Å². The fourth-order valence-corrected chi connectivity index (χ4v) is 5.42. The van der Waals surface area contributed by atoms with Crippen LogP contribution in [0.4, 0.5) is 11.5 Å². The van der Waals surface area contributed by atoms with Crippen LogP contribution < -0.4 is 21.7 Å². The van der Waals surface area contributed by atoms with Crippen LogP contribution in [0.25, 0.3) is 0 Å². The van der Waals surface area contributed by atoms with Gasteiger partial charge in [0, 0.05) is 48.8 Å². The standard InChI is InChI=1S/C29H33N7/c1-35(2)22-7-3-6-19(18-22)24-13-14-25-28(33-24)36(27(34-25)23-8-4-17-32-26(23)30)21-11-9-20(10-12-21)29(31)15-5-16-29/h3-4,7-14,17-19,28,33H,5-6,15-16,31H2,1-2H3,(H2,30,32). The Bertz CT molecular complexity index is 1330. The van der Waals surface area contributed by atoms with Crippen LogP contribution in [0.5, 0.6) is 0 Å². The molecule has 1 saturated carbocycles. The predicted octanol–water partition coefficient (Wildman–Crippen LogP) is 3.99. The molecular weight excluding hydrogens is 446 g/mol. The van der Waals surface area contributed by atoms with Gasteiger partial charge in [-0.2, -0.15) is 0 Å². The number of hydrogen-bond acceptors (Lipinski definition) is 7. The molecule has 1 fully saturated rings. The van der Waals surface area contributed by atoms with Crippen molar-refractivity contribution in [1.82, 2.24) is 15.2 Å². The van der Waals surface area contributed by atoms with E-state index in [-0.39, 0.29) is 17.6 Å². The van der Waals surface area contributed by atoms with E-state index in [1.807, 2.05) is 12.1 Å². The third kappa shape index (κ3) is 3.80. The van der Waals surface area contributed by atoms with E-state index in [0.717, 1.165) is 42.0 Å². The molecule has 2 aromatic rings. The molecule has 0 spiro atoms. The van der Waals surface area contributed by atoms with Crippen molar-refractivity contribution >= 4 is 17.3 Å². The number of dihydropyridines is 1. The van der Waals surface area contributed by atoms with Crippen LogP contribution in [-0.2, 0) is 5.54 Å². The van der Waals surface area contributed by atoms with Gasteiger partial charge >= 0.3 is 0 Å². The highest BCUT2D eigenvalue weighted by Gasteiger charge is 2.38. The van der Waals surface area contributed by atoms with Crippen molar-refractivity contribution in [2.75, 3.05) is 24.7 Å². The second-order valence-corrected chi connectivity index (χ2v) is 10.3. The minimum atomic E-state index is -0.191. The maximum atomic E-state index is 6.60. The Labute approximate surface area is 212 Å². The van der Waals surface area contributed by atoms with Crippen molar-refractivity contribution in [3.8, 4) is 0 Å². The zero-order chi connectivity index (χ0) is 24.9. The lowest BCUT2D eigenvalue weighted by Gasteiger charge is -2.39. The molecule has 0 bridgehead atoms. The molecule has 184 valence electrons. The summed E-state index contributed by atoms with van der Waals surface area (Å²) in [5, 5.41) is 3.80. The second kappa shape index (κ2) is 8.68. The largest absolute Gasteiger partial charge is 0.383 e. The Balaban J connectivity index is 1.37. The maximum absolute atomic E-state index is 6.60. The Hall–Kier alpha value is -3.84. The van der Waals surface area contributed by atoms with Crippen LogP contribution >= 0.6 is 0 Å². The number of pyridine rings is 1. The molecule has 3 heterocycles. The van der Waals surface area contributed by atoms with Crippen LogP contribution in [0.1, 0.15) is 36.8 Å². The molecule has 0 radical (unpaired) electrons. The van der Waals surface area contributed by atoms with Gasteiger partial charge < -0.3 is 21.7 Å². The van der Waals surface area contributed by atoms with E-state index in [1.165, 1.54) is 23.4 Å². The number of likely N-dealkylation sites (N-methyl/N-ethyl adjacent to an activating group) is 1. The lowest BCUT2D eigenvalue weighted by atomic mass is 9.73. The van der Waals surface area contributed by atoms with Crippen molar-refractivity contribution in [2.24, 2.45) is 16.6 Å². The number of amidine groups is 1. The molecule has 6 rings (SSSR count). The third-order valence-corrected chi connectivity index (χ3v) is 7.75. The monoisotopic (exact) mass is 479 g/mol. The summed E-state index contributed by atoms with van der Waals surface area (Å²) in [5.74, 6) is 1.54. The number of hydrogen-bond donors (Lipinski definition) is 3. The van der Waals surface area contributed by atoms with Crippen LogP contribution in [0.15, 0.2) is 95.1 Å². The Morgan fingerprint density at radius 1 is 1.11 bits per heavy atom. The molecule has 7 nitrogen and oxygen atoms in total. The normalized spacial score (nSPS) is 24.0. The Kier molecular flexibility index (Phi) is 5.45. The Morgan fingerprint density at radius 2 is 1.92 bits per heavy atom. The molecule has 1 aromatic heterocycles. The van der Waals surface area contributed by atoms with Crippen molar-refractivity contribution in [2.45, 2.75) is 37.4 Å². The van der Waals surface area contributed by atoms with E-state index < -0.39 is 0 Å². The minimum Gasteiger partial charge on any atom is -0.383 e. The van der Waals surface area contributed by atoms with Gasteiger partial charge in [-0.1, -0.05) is 24.3 Å². The summed E-state index contributed by atoms with van der Waals surface area (Å²) in [4.78, 5) is 13.7. The van der Waals surface area contributed by atoms with E-state index in [9.17, 15) is 0 Å². The van der Waals surface area contributed by atoms with Crippen LogP contribution in [0, 0.1) is 5.92 Å². The number of nitrogens with zero attached hydrogens (tertiary/aromatic N) is 4. The summed E-state index contributed by atoms with van der Waals surface area (Å²) in [5.41, 5.74) is 19.1. The highest BCUT2D eigenvalue weighted by molar-refractivity contribution is 6.15. The summed E-state index contributed by atoms with van der Waals surface area (Å²) in [7, 11) is 4.16. The first-order chi connectivity index (χ1) is 17.4. The number of aliphatic imine (C=N–C) groups is 1. The first-order valence-corrected chi connectivity index (χ1v) is 12.7. The van der Waals surface area contributed by atoms with Gasteiger partial charge in [-0.05, 0) is 73.7 Å². The van der Waals surface area contributed by atoms with Gasteiger partial charge in [-0.25, -0.2) is 9.98 Å². The number of rotatable bonds is 5. The molecule has 1 aromatic carbocycles. The third-order valence-electron chi connectivity index (χ3n) is 7.75. The highest BCUT2D eigenvalue weighted by atomic mass is 15.4. The predicted molar refractivity (Wildman–Crippen MR) is 146 cm³/mol. The molecule has 0 saturated heterocycles. The van der Waals surface area contributed by atoms with Gasteiger partial charge in [0.05, 0.1) is 11.3 Å². The smallest absolute Gasteiger partial charge is 0.148 e. The van der Waals surface area contributed by atoms with Gasteiger partial charge in [0.1, 0.15) is 17.8 Å². The molecule has 2 atom stereocenters. The first-order valence-electron chi connectivity index (χ1n) is 12.7. The minimum absolute atomic E-state index is 0.136. The molecule has 2 unspecified atom stereocenters. The number of nitrogen functional groups attached to an aromatic ring is 1. The number of fused-ring (bicyclic) bond motifs is 1. The maximum Gasteiger partial charge on any atom is 0.148 e. The van der Waals surface area contributed by atoms with Crippen molar-refractivity contribution in [1.29, 1.82) is 0 Å². The fraction of sp³-hybridized carbons (Fsp3) is 0.310. The summed E-state index contributed by atoms with van der Waals surface area (Å²) < 4.78 is 0. The number of allylic oxidation sites excluding steroid dienone is 5. The number of anilines is 2. The zero-order valence-corrected chi connectivity index (χ0v) is 20.9. The summed E-state index contributed by atoms with van der Waals surface area (Å²) in [6.07, 6.45) is 16.8. The molecule has 0 amide bonds. The lowest BCUT2D eigenvalue weighted by Crippen LogP contribution is -2.48. The summed E-state index contributed by atoms with van der Waals surface area (Å²) in [6, 6.07) is 12.5.